The van der Waals surface area contributed by atoms with Crippen molar-refractivity contribution >= 4 is 14.2 Å². The number of ether oxygens (including phenoxy) is 1. The van der Waals surface area contributed by atoms with Gasteiger partial charge in [-0.25, -0.2) is 4.79 Å². The monoisotopic (exact) mass is 286 g/mol. The Bertz CT molecular complexity index is 331. The van der Waals surface area contributed by atoms with E-state index in [4.69, 9.17) is 4.74 Å². The van der Waals surface area contributed by atoms with Crippen LogP contribution in [0.5, 0.6) is 0 Å². The molecule has 112 valence electrons. The van der Waals surface area contributed by atoms with Gasteiger partial charge in [0.15, 0.2) is 0 Å². The van der Waals surface area contributed by atoms with Crippen LogP contribution in [0.4, 0.5) is 4.79 Å². The Morgan fingerprint density at radius 1 is 1.26 bits per heavy atom. The minimum absolute atomic E-state index is 0.164. The first kappa shape index (κ1) is 16.5. The lowest BCUT2D eigenvalue weighted by atomic mass is 10.2. The zero-order valence-corrected chi connectivity index (χ0v) is 14.8. The van der Waals surface area contributed by atoms with Crippen LogP contribution >= 0.6 is 0 Å². The van der Waals surface area contributed by atoms with Gasteiger partial charge in [0.25, 0.3) is 0 Å². The van der Waals surface area contributed by atoms with Gasteiger partial charge < -0.3 is 4.74 Å². The lowest BCUT2D eigenvalue weighted by Crippen LogP contribution is -2.52. The summed E-state index contributed by atoms with van der Waals surface area (Å²) in [6.45, 7) is 18.8. The minimum atomic E-state index is -1.43. The molecule has 0 saturated carbocycles. The standard InChI is InChI=1S/C14H30N2O2Si/c1-11(2)15-9-12(19(6,7)8)16(10-15)13(17)18-14(3,4)5/h11-12H,9-10H2,1-8H3/t12-/m0/s1. The highest BCUT2D eigenvalue weighted by Crippen LogP contribution is 2.25. The van der Waals surface area contributed by atoms with Crippen LogP contribution < -0.4 is 0 Å². The third-order valence-corrected chi connectivity index (χ3v) is 5.97. The summed E-state index contributed by atoms with van der Waals surface area (Å²) in [5.74, 6) is 0. The Hall–Kier alpha value is -0.553. The van der Waals surface area contributed by atoms with Crippen LogP contribution in [-0.2, 0) is 4.74 Å². The van der Waals surface area contributed by atoms with E-state index in [1.54, 1.807) is 0 Å². The molecule has 5 heteroatoms. The van der Waals surface area contributed by atoms with Crippen molar-refractivity contribution in [3.63, 3.8) is 0 Å². The summed E-state index contributed by atoms with van der Waals surface area (Å²) in [7, 11) is -1.43. The molecule has 0 radical (unpaired) electrons. The normalized spacial score (nSPS) is 22.2. The van der Waals surface area contributed by atoms with Crippen LogP contribution in [0.25, 0.3) is 0 Å². The maximum atomic E-state index is 12.4. The number of carbonyl (C=O) groups is 1. The maximum Gasteiger partial charge on any atom is 0.411 e. The van der Waals surface area contributed by atoms with Crippen LogP contribution in [0.3, 0.4) is 0 Å². The van der Waals surface area contributed by atoms with Gasteiger partial charge >= 0.3 is 6.09 Å². The number of nitrogens with zero attached hydrogens (tertiary/aromatic N) is 2. The maximum absolute atomic E-state index is 12.4. The minimum Gasteiger partial charge on any atom is -0.444 e. The Kier molecular flexibility index (Phi) is 4.73. The Morgan fingerprint density at radius 2 is 1.79 bits per heavy atom. The average Bonchev–Trinajstić information content (AvgIpc) is 2.57. The molecule has 1 aliphatic heterocycles. The van der Waals surface area contributed by atoms with Gasteiger partial charge in [-0.2, -0.15) is 0 Å². The molecule has 1 atom stereocenters. The second-order valence-corrected chi connectivity index (χ2v) is 13.2. The van der Waals surface area contributed by atoms with E-state index in [0.717, 1.165) is 6.54 Å². The summed E-state index contributed by atoms with van der Waals surface area (Å²) in [4.78, 5) is 16.7. The van der Waals surface area contributed by atoms with Crippen molar-refractivity contribution < 1.29 is 9.53 Å². The van der Waals surface area contributed by atoms with E-state index in [1.165, 1.54) is 0 Å². The lowest BCUT2D eigenvalue weighted by Gasteiger charge is -2.33. The van der Waals surface area contributed by atoms with Crippen molar-refractivity contribution in [2.45, 2.75) is 71.6 Å². The molecule has 0 N–H and O–H groups in total. The van der Waals surface area contributed by atoms with Crippen LogP contribution in [0.1, 0.15) is 34.6 Å². The molecule has 1 rings (SSSR count). The van der Waals surface area contributed by atoms with E-state index in [-0.39, 0.29) is 6.09 Å². The van der Waals surface area contributed by atoms with E-state index in [0.29, 0.717) is 18.4 Å². The van der Waals surface area contributed by atoms with Crippen molar-refractivity contribution in [2.24, 2.45) is 0 Å². The largest absolute Gasteiger partial charge is 0.444 e. The molecule has 0 aliphatic carbocycles. The molecule has 0 spiro atoms. The predicted octanol–water partition coefficient (Wildman–Crippen LogP) is 3.15. The SMILES string of the molecule is CC(C)N1C[C@H]([Si](C)(C)C)N(C(=O)OC(C)(C)C)C1. The number of carbonyl (C=O) groups excluding carboxylic acids is 1. The molecular weight excluding hydrogens is 256 g/mol. The molecule has 19 heavy (non-hydrogen) atoms. The Balaban J connectivity index is 2.86. The van der Waals surface area contributed by atoms with Gasteiger partial charge in [-0.05, 0) is 34.6 Å². The van der Waals surface area contributed by atoms with Gasteiger partial charge in [0.1, 0.15) is 5.60 Å². The Morgan fingerprint density at radius 3 is 2.16 bits per heavy atom. The molecule has 0 aromatic carbocycles. The lowest BCUT2D eigenvalue weighted by molar-refractivity contribution is 0.0234. The van der Waals surface area contributed by atoms with Crippen molar-refractivity contribution in [1.82, 2.24) is 9.80 Å². The molecule has 1 fully saturated rings. The number of hydrogen-bond acceptors (Lipinski definition) is 3. The molecule has 0 bridgehead atoms. The zero-order valence-electron chi connectivity index (χ0n) is 13.8. The quantitative estimate of drug-likeness (QED) is 0.731. The first-order valence-corrected chi connectivity index (χ1v) is 10.7. The summed E-state index contributed by atoms with van der Waals surface area (Å²) in [5.41, 5.74) is -0.0866. The molecule has 1 amide bonds. The van der Waals surface area contributed by atoms with Crippen LogP contribution in [0.15, 0.2) is 0 Å². The molecule has 0 unspecified atom stereocenters. The van der Waals surface area contributed by atoms with Crippen LogP contribution in [0, 0.1) is 0 Å². The van der Waals surface area contributed by atoms with Gasteiger partial charge in [0, 0.05) is 18.3 Å². The third-order valence-electron chi connectivity index (χ3n) is 3.48. The van der Waals surface area contributed by atoms with Crippen molar-refractivity contribution in [1.29, 1.82) is 0 Å². The molecular formula is C14H30N2O2Si. The van der Waals surface area contributed by atoms with Gasteiger partial charge in [0.05, 0.1) is 14.7 Å². The number of rotatable bonds is 2. The highest BCUT2D eigenvalue weighted by atomic mass is 28.3. The molecule has 4 nitrogen and oxygen atoms in total. The third kappa shape index (κ3) is 4.49. The highest BCUT2D eigenvalue weighted by molar-refractivity contribution is 6.77. The number of amides is 1. The van der Waals surface area contributed by atoms with E-state index in [2.05, 4.69) is 38.4 Å². The van der Waals surface area contributed by atoms with E-state index >= 15 is 0 Å². The van der Waals surface area contributed by atoms with Crippen LogP contribution in [-0.4, -0.2) is 54.5 Å². The first-order chi connectivity index (χ1) is 8.42. The summed E-state index contributed by atoms with van der Waals surface area (Å²) < 4.78 is 5.56. The predicted molar refractivity (Wildman–Crippen MR) is 81.9 cm³/mol. The van der Waals surface area contributed by atoms with Gasteiger partial charge in [-0.3, -0.25) is 9.80 Å². The fourth-order valence-electron chi connectivity index (χ4n) is 2.29. The highest BCUT2D eigenvalue weighted by Gasteiger charge is 2.43. The molecule has 1 saturated heterocycles. The van der Waals surface area contributed by atoms with Gasteiger partial charge in [-0.1, -0.05) is 19.6 Å². The van der Waals surface area contributed by atoms with Gasteiger partial charge in [0.2, 0.25) is 0 Å². The molecule has 0 aromatic rings. The van der Waals surface area contributed by atoms with E-state index < -0.39 is 13.7 Å². The molecule has 1 heterocycles. The topological polar surface area (TPSA) is 32.8 Å². The Labute approximate surface area is 119 Å². The summed E-state index contributed by atoms with van der Waals surface area (Å²) in [5, 5.41) is 0. The van der Waals surface area contributed by atoms with Crippen molar-refractivity contribution in [3.8, 4) is 0 Å². The average molecular weight is 286 g/mol. The smallest absolute Gasteiger partial charge is 0.411 e. The van der Waals surface area contributed by atoms with Crippen molar-refractivity contribution in [2.75, 3.05) is 13.2 Å². The summed E-state index contributed by atoms with van der Waals surface area (Å²) in [6.07, 6.45) is -0.164. The fraction of sp³-hybridized carbons (Fsp3) is 0.929. The van der Waals surface area contributed by atoms with E-state index in [1.807, 2.05) is 25.7 Å². The van der Waals surface area contributed by atoms with Gasteiger partial charge in [-0.15, -0.1) is 0 Å². The van der Waals surface area contributed by atoms with Crippen LogP contribution in [0.2, 0.25) is 19.6 Å². The number of hydrogen-bond donors (Lipinski definition) is 0. The first-order valence-electron chi connectivity index (χ1n) is 7.15. The zero-order chi connectivity index (χ0) is 15.0. The second kappa shape index (κ2) is 5.44. The fourth-order valence-corrected chi connectivity index (χ4v) is 4.20. The second-order valence-electron chi connectivity index (χ2n) is 7.84. The molecule has 0 aromatic heterocycles. The van der Waals surface area contributed by atoms with E-state index in [9.17, 15) is 4.79 Å². The summed E-state index contributed by atoms with van der Waals surface area (Å²) in [6, 6.07) is 0.464. The van der Waals surface area contributed by atoms with Crippen molar-refractivity contribution in [3.05, 3.63) is 0 Å². The molecule has 1 aliphatic rings. The summed E-state index contributed by atoms with van der Waals surface area (Å²) >= 11 is 0.